The molecule has 0 N–H and O–H groups in total. The van der Waals surface area contributed by atoms with E-state index in [1.165, 1.54) is 5.56 Å². The molecule has 0 atom stereocenters. The molecule has 4 aromatic rings. The van der Waals surface area contributed by atoms with Gasteiger partial charge in [-0.15, -0.1) is 11.3 Å². The molecular formula is C22H21N3O3S. The zero-order valence-corrected chi connectivity index (χ0v) is 17.1. The van der Waals surface area contributed by atoms with Crippen LogP contribution in [0.4, 0.5) is 0 Å². The van der Waals surface area contributed by atoms with Crippen molar-refractivity contribution in [3.05, 3.63) is 65.0 Å². The second-order valence-corrected chi connectivity index (χ2v) is 8.14. The minimum atomic E-state index is -0.315. The third-order valence-corrected chi connectivity index (χ3v) is 5.64. The van der Waals surface area contributed by atoms with Gasteiger partial charge in [0, 0.05) is 12.0 Å². The summed E-state index contributed by atoms with van der Waals surface area (Å²) in [5.41, 5.74) is 3.08. The number of carbonyl (C=O) groups is 1. The largest absolute Gasteiger partial charge is 0.456 e. The zero-order chi connectivity index (χ0) is 20.2. The average Bonchev–Trinajstić information content (AvgIpc) is 3.37. The number of ether oxygens (including phenoxy) is 1. The van der Waals surface area contributed by atoms with Crippen molar-refractivity contribution in [2.45, 2.75) is 39.2 Å². The number of esters is 1. The Morgan fingerprint density at radius 2 is 1.90 bits per heavy atom. The molecule has 0 unspecified atom stereocenters. The number of aromatic nitrogens is 3. The maximum atomic E-state index is 12.0. The zero-order valence-electron chi connectivity index (χ0n) is 16.3. The minimum Gasteiger partial charge on any atom is -0.456 e. The van der Waals surface area contributed by atoms with Crippen molar-refractivity contribution < 1.29 is 14.1 Å². The van der Waals surface area contributed by atoms with E-state index in [4.69, 9.17) is 9.26 Å². The second-order valence-electron chi connectivity index (χ2n) is 7.02. The average molecular weight is 407 g/mol. The van der Waals surface area contributed by atoms with Crippen molar-refractivity contribution in [3.63, 3.8) is 0 Å². The molecule has 0 saturated carbocycles. The summed E-state index contributed by atoms with van der Waals surface area (Å²) in [7, 11) is 0. The number of nitrogens with zero attached hydrogens (tertiary/aromatic N) is 3. The van der Waals surface area contributed by atoms with E-state index in [1.807, 2.05) is 36.4 Å². The van der Waals surface area contributed by atoms with Gasteiger partial charge in [-0.1, -0.05) is 55.4 Å². The van der Waals surface area contributed by atoms with E-state index in [2.05, 4.69) is 41.1 Å². The van der Waals surface area contributed by atoms with E-state index < -0.39 is 0 Å². The van der Waals surface area contributed by atoms with Gasteiger partial charge in [-0.25, -0.2) is 4.98 Å². The van der Waals surface area contributed by atoms with E-state index in [0.717, 1.165) is 20.8 Å². The fourth-order valence-electron chi connectivity index (χ4n) is 2.90. The molecule has 0 spiro atoms. The lowest BCUT2D eigenvalue weighted by Crippen LogP contribution is -2.06. The highest BCUT2D eigenvalue weighted by Gasteiger charge is 2.13. The fourth-order valence-corrected chi connectivity index (χ4v) is 3.86. The summed E-state index contributed by atoms with van der Waals surface area (Å²) in [5.74, 6) is 0.916. The van der Waals surface area contributed by atoms with Crippen LogP contribution in [0.2, 0.25) is 0 Å². The summed E-state index contributed by atoms with van der Waals surface area (Å²) >= 11 is 1.60. The van der Waals surface area contributed by atoms with Gasteiger partial charge in [0.2, 0.25) is 5.82 Å². The van der Waals surface area contributed by atoms with Crippen LogP contribution in [-0.2, 0) is 22.6 Å². The number of para-hydroxylation sites is 1. The summed E-state index contributed by atoms with van der Waals surface area (Å²) in [6.45, 7) is 4.26. The predicted molar refractivity (Wildman–Crippen MR) is 112 cm³/mol. The van der Waals surface area contributed by atoms with Crippen molar-refractivity contribution >= 4 is 27.5 Å². The first kappa shape index (κ1) is 19.3. The molecule has 29 heavy (non-hydrogen) atoms. The minimum absolute atomic E-state index is 0.0320. The molecule has 0 amide bonds. The normalized spacial score (nSPS) is 11.3. The number of rotatable bonds is 7. The van der Waals surface area contributed by atoms with Gasteiger partial charge in [-0.3, -0.25) is 4.79 Å². The number of benzene rings is 2. The van der Waals surface area contributed by atoms with Gasteiger partial charge in [-0.05, 0) is 23.6 Å². The van der Waals surface area contributed by atoms with Crippen LogP contribution in [-0.4, -0.2) is 21.1 Å². The van der Waals surface area contributed by atoms with Gasteiger partial charge in [0.25, 0.3) is 5.89 Å². The molecule has 0 bridgehead atoms. The molecule has 0 aliphatic rings. The predicted octanol–water partition coefficient (Wildman–Crippen LogP) is 5.15. The van der Waals surface area contributed by atoms with E-state index in [0.29, 0.717) is 18.2 Å². The highest BCUT2D eigenvalue weighted by atomic mass is 32.1. The van der Waals surface area contributed by atoms with Gasteiger partial charge in [0.05, 0.1) is 21.6 Å². The first-order valence-electron chi connectivity index (χ1n) is 9.51. The van der Waals surface area contributed by atoms with Crippen molar-refractivity contribution in [2.75, 3.05) is 0 Å². The molecular weight excluding hydrogens is 386 g/mol. The third kappa shape index (κ3) is 4.68. The molecule has 0 fully saturated rings. The van der Waals surface area contributed by atoms with Gasteiger partial charge < -0.3 is 9.26 Å². The molecule has 2 aromatic carbocycles. The van der Waals surface area contributed by atoms with Crippen LogP contribution in [0.15, 0.2) is 53.1 Å². The topological polar surface area (TPSA) is 78.1 Å². The third-order valence-electron chi connectivity index (χ3n) is 4.54. The molecule has 7 heteroatoms. The van der Waals surface area contributed by atoms with Gasteiger partial charge in [0.15, 0.2) is 6.61 Å². The fraction of sp³-hybridized carbons (Fsp3) is 0.273. The van der Waals surface area contributed by atoms with E-state index >= 15 is 0 Å². The molecule has 0 aliphatic heterocycles. The summed E-state index contributed by atoms with van der Waals surface area (Å²) in [5, 5.41) is 4.90. The van der Waals surface area contributed by atoms with Crippen molar-refractivity contribution in [1.29, 1.82) is 0 Å². The van der Waals surface area contributed by atoms with Crippen LogP contribution >= 0.6 is 11.3 Å². The molecule has 2 aromatic heterocycles. The summed E-state index contributed by atoms with van der Waals surface area (Å²) in [4.78, 5) is 20.9. The number of hydrogen-bond acceptors (Lipinski definition) is 7. The quantitative estimate of drug-likeness (QED) is 0.395. The second kappa shape index (κ2) is 8.53. The highest BCUT2D eigenvalue weighted by Crippen LogP contribution is 2.23. The monoisotopic (exact) mass is 407 g/mol. The lowest BCUT2D eigenvalue weighted by atomic mass is 10.0. The Kier molecular flexibility index (Phi) is 5.67. The van der Waals surface area contributed by atoms with Crippen LogP contribution < -0.4 is 0 Å². The number of hydrogen-bond donors (Lipinski definition) is 0. The molecule has 0 aliphatic carbocycles. The molecule has 4 rings (SSSR count). The van der Waals surface area contributed by atoms with Crippen molar-refractivity contribution in [1.82, 2.24) is 15.1 Å². The number of fused-ring (bicyclic) bond motifs is 1. The van der Waals surface area contributed by atoms with Gasteiger partial charge in [-0.2, -0.15) is 4.98 Å². The number of thiazole rings is 1. The van der Waals surface area contributed by atoms with Gasteiger partial charge in [0.1, 0.15) is 0 Å². The van der Waals surface area contributed by atoms with Crippen LogP contribution in [0.5, 0.6) is 0 Å². The maximum absolute atomic E-state index is 12.0. The Hall–Kier alpha value is -3.06. The van der Waals surface area contributed by atoms with E-state index in [1.54, 1.807) is 11.3 Å². The molecule has 0 radical (unpaired) electrons. The Labute approximate surface area is 172 Å². The van der Waals surface area contributed by atoms with Gasteiger partial charge >= 0.3 is 5.97 Å². The Morgan fingerprint density at radius 1 is 1.10 bits per heavy atom. The smallest absolute Gasteiger partial charge is 0.306 e. The van der Waals surface area contributed by atoms with E-state index in [9.17, 15) is 4.79 Å². The van der Waals surface area contributed by atoms with Crippen LogP contribution in [0.3, 0.4) is 0 Å². The lowest BCUT2D eigenvalue weighted by Gasteiger charge is -2.04. The number of carbonyl (C=O) groups excluding carboxylic acids is 1. The SMILES string of the molecule is CC(C)c1ccc(-c2noc(COC(=O)CCc3nc4ccccc4s3)n2)cc1. The molecule has 2 heterocycles. The summed E-state index contributed by atoms with van der Waals surface area (Å²) in [6, 6.07) is 16.0. The molecule has 6 nitrogen and oxygen atoms in total. The Balaban J connectivity index is 1.29. The molecule has 0 saturated heterocycles. The van der Waals surface area contributed by atoms with Crippen molar-refractivity contribution in [2.24, 2.45) is 0 Å². The number of aryl methyl sites for hydroxylation is 1. The van der Waals surface area contributed by atoms with Crippen LogP contribution in [0, 0.1) is 0 Å². The Bertz CT molecular complexity index is 1080. The van der Waals surface area contributed by atoms with E-state index in [-0.39, 0.29) is 24.9 Å². The Morgan fingerprint density at radius 3 is 2.66 bits per heavy atom. The molecule has 148 valence electrons. The maximum Gasteiger partial charge on any atom is 0.306 e. The van der Waals surface area contributed by atoms with Crippen LogP contribution in [0.25, 0.3) is 21.6 Å². The summed E-state index contributed by atoms with van der Waals surface area (Å²) < 4.78 is 11.6. The van der Waals surface area contributed by atoms with Crippen LogP contribution in [0.1, 0.15) is 42.6 Å². The standard InChI is InChI=1S/C22H21N3O3S/c1-14(2)15-7-9-16(10-8-15)22-24-19(28-25-22)13-27-21(26)12-11-20-23-17-5-3-4-6-18(17)29-20/h3-10,14H,11-13H2,1-2H3. The lowest BCUT2D eigenvalue weighted by molar-refractivity contribution is -0.145. The first-order valence-corrected chi connectivity index (χ1v) is 10.3. The van der Waals surface area contributed by atoms with Crippen molar-refractivity contribution in [3.8, 4) is 11.4 Å². The highest BCUT2D eigenvalue weighted by molar-refractivity contribution is 7.18. The summed E-state index contributed by atoms with van der Waals surface area (Å²) in [6.07, 6.45) is 0.812. The first-order chi connectivity index (χ1) is 14.1.